The summed E-state index contributed by atoms with van der Waals surface area (Å²) in [5, 5.41) is 6.04. The topological polar surface area (TPSA) is 90.3 Å². The summed E-state index contributed by atoms with van der Waals surface area (Å²) in [4.78, 5) is 23.5. The van der Waals surface area contributed by atoms with Crippen molar-refractivity contribution in [3.8, 4) is 11.8 Å². The minimum Gasteiger partial charge on any atom is -0.386 e. The molecule has 4 heterocycles. The number of fused-ring (bicyclic) bond motifs is 2. The van der Waals surface area contributed by atoms with Crippen LogP contribution in [0.5, 0.6) is 0 Å². The zero-order valence-electron chi connectivity index (χ0n) is 20.5. The fraction of sp³-hybridized carbons (Fsp3) is 0.480. The second kappa shape index (κ2) is 8.49. The summed E-state index contributed by atoms with van der Waals surface area (Å²) < 4.78 is 15.4. The predicted octanol–water partition coefficient (Wildman–Crippen LogP) is 4.05. The molecule has 0 aromatic carbocycles. The molecule has 3 aromatic heterocycles. The van der Waals surface area contributed by atoms with Crippen molar-refractivity contribution in [2.45, 2.75) is 51.7 Å². The summed E-state index contributed by atoms with van der Waals surface area (Å²) in [5.41, 5.74) is 2.04. The third-order valence-corrected chi connectivity index (χ3v) is 8.39. The molecule has 2 aliphatic rings. The van der Waals surface area contributed by atoms with Gasteiger partial charge in [0.05, 0.1) is 32.7 Å². The van der Waals surface area contributed by atoms with Crippen LogP contribution >= 0.6 is 22.9 Å². The van der Waals surface area contributed by atoms with Crippen LogP contribution in [0.1, 0.15) is 44.3 Å². The van der Waals surface area contributed by atoms with Gasteiger partial charge in [0.25, 0.3) is 0 Å². The molecule has 1 unspecified atom stereocenters. The lowest BCUT2D eigenvalue weighted by Gasteiger charge is -2.35. The second-order valence-corrected chi connectivity index (χ2v) is 11.4. The van der Waals surface area contributed by atoms with Crippen LogP contribution in [0.3, 0.4) is 0 Å². The molecule has 2 N–H and O–H groups in total. The smallest absolute Gasteiger partial charge is 0.228 e. The molecule has 3 aromatic rings. The minimum absolute atomic E-state index is 0.0711. The molecule has 5 atom stereocenters. The molecule has 0 spiro atoms. The fourth-order valence-electron chi connectivity index (χ4n) is 5.39. The number of aromatic nitrogens is 3. The number of halogens is 1. The number of hydrogen-bond acceptors (Lipinski definition) is 7. The first-order chi connectivity index (χ1) is 16.6. The number of anilines is 1. The molecule has 2 fully saturated rings. The number of nitrogens with zero attached hydrogens (tertiary/aromatic N) is 3. The summed E-state index contributed by atoms with van der Waals surface area (Å²) in [6.07, 6.45) is 1.02. The van der Waals surface area contributed by atoms with E-state index in [4.69, 9.17) is 26.1 Å². The molecular weight excluding hydrogens is 486 g/mol. The molecular formula is C25H28ClN5O3S. The van der Waals surface area contributed by atoms with Gasteiger partial charge in [-0.3, -0.25) is 4.79 Å². The van der Waals surface area contributed by atoms with Gasteiger partial charge in [0, 0.05) is 14.1 Å². The van der Waals surface area contributed by atoms with Crippen molar-refractivity contribution in [3.05, 3.63) is 39.4 Å². The van der Waals surface area contributed by atoms with E-state index in [0.29, 0.717) is 15.7 Å². The molecule has 5 rings (SSSR count). The third kappa shape index (κ3) is 3.80. The van der Waals surface area contributed by atoms with Crippen LogP contribution in [0.4, 0.5) is 5.69 Å². The molecule has 1 saturated carbocycles. The molecule has 35 heavy (non-hydrogen) atoms. The predicted molar refractivity (Wildman–Crippen MR) is 137 cm³/mol. The number of thiophene rings is 1. The second-order valence-electron chi connectivity index (χ2n) is 9.64. The van der Waals surface area contributed by atoms with Crippen molar-refractivity contribution in [1.82, 2.24) is 19.9 Å². The normalized spacial score (nSPS) is 29.0. The van der Waals surface area contributed by atoms with Crippen molar-refractivity contribution in [3.63, 3.8) is 0 Å². The van der Waals surface area contributed by atoms with E-state index in [1.165, 1.54) is 11.3 Å². The maximum atomic E-state index is 13.1. The van der Waals surface area contributed by atoms with Gasteiger partial charge in [-0.1, -0.05) is 18.5 Å². The Hall–Kier alpha value is -2.64. The average Bonchev–Trinajstić information content (AvgIpc) is 3.56. The first-order valence-electron chi connectivity index (χ1n) is 11.5. The highest BCUT2D eigenvalue weighted by atomic mass is 35.5. The van der Waals surface area contributed by atoms with Gasteiger partial charge in [0.2, 0.25) is 5.91 Å². The number of ether oxygens (including phenoxy) is 2. The molecule has 0 bridgehead atoms. The van der Waals surface area contributed by atoms with Gasteiger partial charge in [0.1, 0.15) is 23.4 Å². The monoisotopic (exact) mass is 513 g/mol. The highest BCUT2D eigenvalue weighted by Gasteiger charge is 2.66. The van der Waals surface area contributed by atoms with Crippen molar-refractivity contribution < 1.29 is 14.3 Å². The van der Waals surface area contributed by atoms with Crippen LogP contribution in [0, 0.1) is 23.2 Å². The third-order valence-electron chi connectivity index (χ3n) is 7.24. The molecule has 1 amide bonds. The summed E-state index contributed by atoms with van der Waals surface area (Å²) in [6.45, 7) is 7.77. The quantitative estimate of drug-likeness (QED) is 0.513. The maximum absolute atomic E-state index is 13.1. The highest BCUT2D eigenvalue weighted by Crippen LogP contribution is 2.57. The van der Waals surface area contributed by atoms with E-state index in [0.717, 1.165) is 16.1 Å². The first kappa shape index (κ1) is 24.1. The van der Waals surface area contributed by atoms with E-state index in [9.17, 15) is 4.79 Å². The van der Waals surface area contributed by atoms with Crippen molar-refractivity contribution >= 4 is 45.7 Å². The summed E-state index contributed by atoms with van der Waals surface area (Å²) in [5.74, 6) is 5.30. The number of rotatable bonds is 3. The summed E-state index contributed by atoms with van der Waals surface area (Å²) in [7, 11) is 3.50. The van der Waals surface area contributed by atoms with E-state index in [-0.39, 0.29) is 24.0 Å². The summed E-state index contributed by atoms with van der Waals surface area (Å²) >= 11 is 7.47. The number of hydrogen-bond donors (Lipinski definition) is 2. The van der Waals surface area contributed by atoms with E-state index in [2.05, 4.69) is 34.4 Å². The van der Waals surface area contributed by atoms with Gasteiger partial charge in [-0.2, -0.15) is 0 Å². The number of nitrogens with one attached hydrogen (secondary N) is 2. The fourth-order valence-corrected chi connectivity index (χ4v) is 6.29. The van der Waals surface area contributed by atoms with Crippen molar-refractivity contribution in [2.24, 2.45) is 11.3 Å². The van der Waals surface area contributed by atoms with Crippen LogP contribution < -0.4 is 10.6 Å². The maximum Gasteiger partial charge on any atom is 0.228 e. The zero-order chi connectivity index (χ0) is 25.1. The lowest BCUT2D eigenvalue weighted by atomic mass is 9.77. The SMILES string of the molecule is CNC(=O)C1(C)[C@H](C)[C@@H](n2cnc3c(NC)cc(C#Cc4ccc(Cl)s4)nc32)[C@@H]2OC(C)(C)O[C@@H]21. The van der Waals surface area contributed by atoms with Crippen LogP contribution in [0.25, 0.3) is 11.2 Å². The van der Waals surface area contributed by atoms with Crippen molar-refractivity contribution in [1.29, 1.82) is 0 Å². The average molecular weight is 514 g/mol. The molecule has 10 heteroatoms. The number of carbonyl (C=O) groups is 1. The Labute approximate surface area is 213 Å². The molecule has 0 radical (unpaired) electrons. The highest BCUT2D eigenvalue weighted by molar-refractivity contribution is 7.16. The Balaban J connectivity index is 1.63. The molecule has 1 aliphatic carbocycles. The Bertz CT molecular complexity index is 1370. The van der Waals surface area contributed by atoms with E-state index in [1.54, 1.807) is 13.4 Å². The number of imidazole rings is 1. The van der Waals surface area contributed by atoms with Gasteiger partial charge in [-0.15, -0.1) is 11.3 Å². The number of amides is 1. The van der Waals surface area contributed by atoms with Crippen molar-refractivity contribution in [2.75, 3.05) is 19.4 Å². The van der Waals surface area contributed by atoms with Crippen LogP contribution in [-0.2, 0) is 14.3 Å². The van der Waals surface area contributed by atoms with E-state index < -0.39 is 17.3 Å². The van der Waals surface area contributed by atoms with Crippen LogP contribution in [-0.4, -0.2) is 52.5 Å². The lowest BCUT2D eigenvalue weighted by Crippen LogP contribution is -2.48. The largest absolute Gasteiger partial charge is 0.386 e. The Morgan fingerprint density at radius 2 is 2.00 bits per heavy atom. The van der Waals surface area contributed by atoms with E-state index >= 15 is 0 Å². The minimum atomic E-state index is -0.804. The standard InChI is InChI=1S/C25H28ClN5O3S/c1-13-19(20-21(34-24(2,3)33-20)25(13,4)23(32)28-6)31-12-29-18-16(27-5)11-14(30-22(18)31)7-8-15-9-10-17(26)35-15/h9-13,19-21H,1-6H3,(H,27,30)(H,28,32)/t13-,19-,20+,21+,25?/m1/s1. The van der Waals surface area contributed by atoms with Gasteiger partial charge in [-0.25, -0.2) is 9.97 Å². The van der Waals surface area contributed by atoms with Gasteiger partial charge in [0.15, 0.2) is 11.4 Å². The van der Waals surface area contributed by atoms with Crippen LogP contribution in [0.2, 0.25) is 4.34 Å². The molecule has 1 aliphatic heterocycles. The van der Waals surface area contributed by atoms with Gasteiger partial charge >= 0.3 is 0 Å². The first-order valence-corrected chi connectivity index (χ1v) is 12.7. The van der Waals surface area contributed by atoms with Crippen LogP contribution in [0.15, 0.2) is 24.5 Å². The molecule has 8 nitrogen and oxygen atoms in total. The van der Waals surface area contributed by atoms with Gasteiger partial charge < -0.3 is 24.7 Å². The zero-order valence-corrected chi connectivity index (χ0v) is 22.0. The lowest BCUT2D eigenvalue weighted by molar-refractivity contribution is -0.178. The Kier molecular flexibility index (Phi) is 5.84. The number of carbonyl (C=O) groups excluding carboxylic acids is 1. The number of pyridine rings is 1. The van der Waals surface area contributed by atoms with E-state index in [1.807, 2.05) is 50.6 Å². The molecule has 1 saturated heterocycles. The van der Waals surface area contributed by atoms with Gasteiger partial charge in [-0.05, 0) is 56.7 Å². The molecule has 184 valence electrons. The Morgan fingerprint density at radius 1 is 1.23 bits per heavy atom. The summed E-state index contributed by atoms with van der Waals surface area (Å²) in [6, 6.07) is 5.38. The Morgan fingerprint density at radius 3 is 2.66 bits per heavy atom.